The molecular weight excluding hydrogens is 266 g/mol. The van der Waals surface area contributed by atoms with Gasteiger partial charge in [0.15, 0.2) is 0 Å². The van der Waals surface area contributed by atoms with Crippen LogP contribution in [0.5, 0.6) is 0 Å². The second-order valence-corrected chi connectivity index (χ2v) is 7.33. The van der Waals surface area contributed by atoms with E-state index in [0.717, 1.165) is 19.1 Å². The first-order chi connectivity index (χ1) is 9.77. The zero-order valence-electron chi connectivity index (χ0n) is 12.6. The zero-order valence-corrected chi connectivity index (χ0v) is 13.4. The van der Waals surface area contributed by atoms with Crippen LogP contribution in [0.25, 0.3) is 0 Å². The van der Waals surface area contributed by atoms with E-state index in [1.165, 1.54) is 50.2 Å². The standard InChI is InChI=1S/C16H27N3S/c1-2-18-9-7-16(13-17,8-10-18)19(14-5-6-14)12-15-4-3-11-20-15/h3-4,11,14H,2,5-10,12-13,17H2,1H3. The molecule has 0 radical (unpaired) electrons. The van der Waals surface area contributed by atoms with Crippen LogP contribution >= 0.6 is 11.3 Å². The highest BCUT2D eigenvalue weighted by Crippen LogP contribution is 2.39. The Balaban J connectivity index is 1.74. The van der Waals surface area contributed by atoms with Crippen LogP contribution in [0.3, 0.4) is 0 Å². The Labute approximate surface area is 126 Å². The van der Waals surface area contributed by atoms with Crippen LogP contribution in [-0.4, -0.2) is 47.6 Å². The molecule has 0 unspecified atom stereocenters. The number of thiophene rings is 1. The van der Waals surface area contributed by atoms with E-state index in [1.54, 1.807) is 0 Å². The maximum atomic E-state index is 6.26. The van der Waals surface area contributed by atoms with Gasteiger partial charge in [-0.2, -0.15) is 0 Å². The summed E-state index contributed by atoms with van der Waals surface area (Å²) in [4.78, 5) is 6.80. The molecule has 1 aromatic rings. The third kappa shape index (κ3) is 2.93. The predicted octanol–water partition coefficient (Wildman–Crippen LogP) is 2.53. The lowest BCUT2D eigenvalue weighted by atomic mass is 9.85. The minimum atomic E-state index is 0.247. The first kappa shape index (κ1) is 14.5. The molecule has 0 aromatic carbocycles. The summed E-state index contributed by atoms with van der Waals surface area (Å²) in [5, 5.41) is 2.19. The lowest BCUT2D eigenvalue weighted by Gasteiger charge is -2.48. The average molecular weight is 293 g/mol. The SMILES string of the molecule is CCN1CCC(CN)(N(Cc2cccs2)C2CC2)CC1. The first-order valence-corrected chi connectivity index (χ1v) is 8.87. The van der Waals surface area contributed by atoms with Crippen molar-refractivity contribution in [1.82, 2.24) is 9.80 Å². The molecule has 0 atom stereocenters. The number of hydrogen-bond acceptors (Lipinski definition) is 4. The van der Waals surface area contributed by atoms with E-state index < -0.39 is 0 Å². The average Bonchev–Trinajstić information content (AvgIpc) is 3.21. The van der Waals surface area contributed by atoms with Crippen molar-refractivity contribution in [2.75, 3.05) is 26.2 Å². The number of hydrogen-bond donors (Lipinski definition) is 1. The van der Waals surface area contributed by atoms with Gasteiger partial charge in [-0.3, -0.25) is 4.90 Å². The topological polar surface area (TPSA) is 32.5 Å². The Morgan fingerprint density at radius 1 is 1.40 bits per heavy atom. The van der Waals surface area contributed by atoms with E-state index in [9.17, 15) is 0 Å². The smallest absolute Gasteiger partial charge is 0.0362 e. The number of piperidine rings is 1. The quantitative estimate of drug-likeness (QED) is 0.875. The summed E-state index contributed by atoms with van der Waals surface area (Å²) in [5.74, 6) is 0. The molecule has 2 aliphatic rings. The Morgan fingerprint density at radius 3 is 2.65 bits per heavy atom. The predicted molar refractivity (Wildman–Crippen MR) is 86.0 cm³/mol. The van der Waals surface area contributed by atoms with Gasteiger partial charge in [0.2, 0.25) is 0 Å². The van der Waals surface area contributed by atoms with Crippen molar-refractivity contribution in [2.24, 2.45) is 5.73 Å². The molecule has 1 aliphatic carbocycles. The van der Waals surface area contributed by atoms with Crippen LogP contribution in [0.2, 0.25) is 0 Å². The van der Waals surface area contributed by atoms with Crippen LogP contribution in [-0.2, 0) is 6.54 Å². The summed E-state index contributed by atoms with van der Waals surface area (Å²) in [7, 11) is 0. The van der Waals surface area contributed by atoms with Crippen LogP contribution in [0, 0.1) is 0 Å². The number of likely N-dealkylation sites (tertiary alicyclic amines) is 1. The Kier molecular flexibility index (Phi) is 4.46. The molecule has 0 bridgehead atoms. The number of nitrogens with two attached hydrogens (primary N) is 1. The molecule has 3 rings (SSSR count). The van der Waals surface area contributed by atoms with Crippen molar-refractivity contribution in [2.45, 2.75) is 50.7 Å². The van der Waals surface area contributed by atoms with Gasteiger partial charge in [0.25, 0.3) is 0 Å². The summed E-state index contributed by atoms with van der Waals surface area (Å²) in [6, 6.07) is 5.22. The lowest BCUT2D eigenvalue weighted by molar-refractivity contribution is 0.0164. The Hall–Kier alpha value is -0.420. The third-order valence-electron chi connectivity index (χ3n) is 5.12. The first-order valence-electron chi connectivity index (χ1n) is 7.99. The van der Waals surface area contributed by atoms with Crippen LogP contribution in [0.15, 0.2) is 17.5 Å². The van der Waals surface area contributed by atoms with Crippen LogP contribution < -0.4 is 5.73 Å². The van der Waals surface area contributed by atoms with Crippen molar-refractivity contribution < 1.29 is 0 Å². The van der Waals surface area contributed by atoms with Gasteiger partial charge in [0, 0.05) is 29.5 Å². The number of rotatable bonds is 6. The molecule has 0 amide bonds. The van der Waals surface area contributed by atoms with E-state index in [2.05, 4.69) is 34.2 Å². The van der Waals surface area contributed by atoms with E-state index in [4.69, 9.17) is 5.73 Å². The van der Waals surface area contributed by atoms with Crippen LogP contribution in [0.4, 0.5) is 0 Å². The molecule has 2 fully saturated rings. The Bertz CT molecular complexity index is 405. The van der Waals surface area contributed by atoms with Crippen molar-refractivity contribution in [3.63, 3.8) is 0 Å². The third-order valence-corrected chi connectivity index (χ3v) is 5.98. The zero-order chi connectivity index (χ0) is 14.0. The summed E-state index contributed by atoms with van der Waals surface area (Å²) in [6.07, 6.45) is 5.20. The van der Waals surface area contributed by atoms with E-state index in [-0.39, 0.29) is 5.54 Å². The van der Waals surface area contributed by atoms with Gasteiger partial charge in [0.1, 0.15) is 0 Å². The molecule has 0 spiro atoms. The monoisotopic (exact) mass is 293 g/mol. The highest BCUT2D eigenvalue weighted by molar-refractivity contribution is 7.09. The highest BCUT2D eigenvalue weighted by atomic mass is 32.1. The molecule has 3 nitrogen and oxygen atoms in total. The van der Waals surface area contributed by atoms with E-state index in [0.29, 0.717) is 0 Å². The van der Waals surface area contributed by atoms with Gasteiger partial charge < -0.3 is 10.6 Å². The van der Waals surface area contributed by atoms with Crippen molar-refractivity contribution in [3.8, 4) is 0 Å². The summed E-state index contributed by atoms with van der Waals surface area (Å²) in [6.45, 7) is 7.77. The van der Waals surface area contributed by atoms with Gasteiger partial charge in [-0.1, -0.05) is 13.0 Å². The summed E-state index contributed by atoms with van der Waals surface area (Å²) in [5.41, 5.74) is 6.51. The lowest BCUT2D eigenvalue weighted by Crippen LogP contribution is -2.59. The second kappa shape index (κ2) is 6.14. The molecular formula is C16H27N3S. The molecule has 4 heteroatoms. The molecule has 1 aliphatic heterocycles. The Morgan fingerprint density at radius 2 is 2.15 bits per heavy atom. The fourth-order valence-electron chi connectivity index (χ4n) is 3.53. The molecule has 112 valence electrons. The molecule has 2 heterocycles. The fourth-order valence-corrected chi connectivity index (χ4v) is 4.24. The molecule has 1 saturated carbocycles. The fraction of sp³-hybridized carbons (Fsp3) is 0.750. The summed E-state index contributed by atoms with van der Waals surface area (Å²) < 4.78 is 0. The minimum absolute atomic E-state index is 0.247. The van der Waals surface area contributed by atoms with Gasteiger partial charge in [-0.15, -0.1) is 11.3 Å². The maximum absolute atomic E-state index is 6.26. The minimum Gasteiger partial charge on any atom is -0.329 e. The van der Waals surface area contributed by atoms with Crippen molar-refractivity contribution >= 4 is 11.3 Å². The summed E-state index contributed by atoms with van der Waals surface area (Å²) >= 11 is 1.88. The van der Waals surface area contributed by atoms with Crippen molar-refractivity contribution in [1.29, 1.82) is 0 Å². The van der Waals surface area contributed by atoms with Gasteiger partial charge in [0.05, 0.1) is 0 Å². The second-order valence-electron chi connectivity index (χ2n) is 6.30. The van der Waals surface area contributed by atoms with Crippen molar-refractivity contribution in [3.05, 3.63) is 22.4 Å². The molecule has 1 saturated heterocycles. The highest BCUT2D eigenvalue weighted by Gasteiger charge is 2.44. The van der Waals surface area contributed by atoms with E-state index in [1.807, 2.05) is 11.3 Å². The largest absolute Gasteiger partial charge is 0.329 e. The molecule has 20 heavy (non-hydrogen) atoms. The molecule has 1 aromatic heterocycles. The van der Waals surface area contributed by atoms with E-state index >= 15 is 0 Å². The number of nitrogens with zero attached hydrogens (tertiary/aromatic N) is 2. The molecule has 2 N–H and O–H groups in total. The van der Waals surface area contributed by atoms with Gasteiger partial charge >= 0.3 is 0 Å². The van der Waals surface area contributed by atoms with Gasteiger partial charge in [-0.05, 0) is 56.8 Å². The van der Waals surface area contributed by atoms with Crippen LogP contribution in [0.1, 0.15) is 37.5 Å². The maximum Gasteiger partial charge on any atom is 0.0362 e. The normalized spacial score (nSPS) is 23.4. The van der Waals surface area contributed by atoms with Gasteiger partial charge in [-0.25, -0.2) is 0 Å².